The van der Waals surface area contributed by atoms with Gasteiger partial charge < -0.3 is 42.1 Å². The number of nitrogens with one attached hydrogen (secondary N) is 3. The minimum atomic E-state index is -1.87. The summed E-state index contributed by atoms with van der Waals surface area (Å²) in [6.45, 7) is 0.663. The number of amides is 3. The molecule has 0 aromatic heterocycles. The lowest BCUT2D eigenvalue weighted by Gasteiger charge is -2.23. The molecule has 0 saturated heterocycles. The van der Waals surface area contributed by atoms with Gasteiger partial charge in [-0.2, -0.15) is 0 Å². The summed E-state index contributed by atoms with van der Waals surface area (Å²) < 4.78 is 0. The van der Waals surface area contributed by atoms with Gasteiger partial charge in [-0.3, -0.25) is 19.2 Å². The van der Waals surface area contributed by atoms with Crippen molar-refractivity contribution in [1.29, 1.82) is 0 Å². The zero-order chi connectivity index (χ0) is 21.7. The largest absolute Gasteiger partial charge is 0.481 e. The van der Waals surface area contributed by atoms with Crippen molar-refractivity contribution in [3.8, 4) is 0 Å². The normalized spacial score (nSPS) is 15.0. The van der Waals surface area contributed by atoms with Crippen LogP contribution in [-0.2, 0) is 19.2 Å². The predicted octanol–water partition coefficient (Wildman–Crippen LogP) is -3.59. The monoisotopic (exact) mass is 406 g/mol. The summed E-state index contributed by atoms with van der Waals surface area (Å²) in [5.74, 6) is -3.26. The number of hydrogen-bond donors (Lipinski definition) is 8. The van der Waals surface area contributed by atoms with Crippen molar-refractivity contribution in [3.05, 3.63) is 0 Å². The van der Waals surface area contributed by atoms with Crippen LogP contribution >= 0.6 is 0 Å². The van der Waals surface area contributed by atoms with E-state index in [4.69, 9.17) is 10.8 Å². The van der Waals surface area contributed by atoms with Gasteiger partial charge in [-0.1, -0.05) is 13.3 Å². The molecule has 0 radical (unpaired) electrons. The summed E-state index contributed by atoms with van der Waals surface area (Å²) in [5, 5.41) is 44.2. The SMILES string of the molecule is CCCC(N)C(=O)NCC(=O)NC(CO)C[C@@H](O)[C@H](O)C(=O)NCCC(=O)O. The van der Waals surface area contributed by atoms with Gasteiger partial charge in [0.05, 0.1) is 37.8 Å². The third-order valence-electron chi connectivity index (χ3n) is 3.74. The van der Waals surface area contributed by atoms with Crippen molar-refractivity contribution < 1.29 is 39.6 Å². The van der Waals surface area contributed by atoms with Crippen molar-refractivity contribution in [1.82, 2.24) is 16.0 Å². The molecule has 12 heteroatoms. The van der Waals surface area contributed by atoms with Gasteiger partial charge in [0.25, 0.3) is 5.91 Å². The number of aliphatic carboxylic acids is 1. The number of aliphatic hydroxyl groups excluding tert-OH is 3. The summed E-state index contributed by atoms with van der Waals surface area (Å²) in [7, 11) is 0. The minimum absolute atomic E-state index is 0.224. The molecule has 12 nitrogen and oxygen atoms in total. The summed E-state index contributed by atoms with van der Waals surface area (Å²) in [6.07, 6.45) is -3.01. The van der Waals surface area contributed by atoms with E-state index >= 15 is 0 Å². The van der Waals surface area contributed by atoms with Crippen LogP contribution in [0.2, 0.25) is 0 Å². The Morgan fingerprint density at radius 1 is 1.07 bits per heavy atom. The van der Waals surface area contributed by atoms with Gasteiger partial charge >= 0.3 is 5.97 Å². The lowest BCUT2D eigenvalue weighted by molar-refractivity contribution is -0.138. The van der Waals surface area contributed by atoms with Gasteiger partial charge in [-0.25, -0.2) is 0 Å². The van der Waals surface area contributed by atoms with Gasteiger partial charge in [-0.05, 0) is 12.8 Å². The number of carboxylic acids is 1. The Morgan fingerprint density at radius 3 is 2.25 bits per heavy atom. The van der Waals surface area contributed by atoms with Crippen molar-refractivity contribution in [2.75, 3.05) is 19.7 Å². The molecule has 0 aromatic rings. The molecule has 0 saturated carbocycles. The van der Waals surface area contributed by atoms with E-state index in [0.29, 0.717) is 12.8 Å². The quantitative estimate of drug-likeness (QED) is 0.143. The smallest absolute Gasteiger partial charge is 0.305 e. The lowest BCUT2D eigenvalue weighted by atomic mass is 10.0. The van der Waals surface area contributed by atoms with Gasteiger partial charge in [0.15, 0.2) is 6.10 Å². The van der Waals surface area contributed by atoms with Crippen LogP contribution in [0.25, 0.3) is 0 Å². The molecule has 0 aliphatic rings. The number of carbonyl (C=O) groups is 4. The van der Waals surface area contributed by atoms with Crippen LogP contribution < -0.4 is 21.7 Å². The highest BCUT2D eigenvalue weighted by Gasteiger charge is 2.27. The molecule has 9 N–H and O–H groups in total. The van der Waals surface area contributed by atoms with Crippen molar-refractivity contribution in [2.45, 2.75) is 56.9 Å². The maximum atomic E-state index is 11.8. The van der Waals surface area contributed by atoms with E-state index in [9.17, 15) is 34.5 Å². The van der Waals surface area contributed by atoms with Crippen LogP contribution in [-0.4, -0.2) is 88.1 Å². The van der Waals surface area contributed by atoms with Crippen molar-refractivity contribution in [3.63, 3.8) is 0 Å². The Labute approximate surface area is 162 Å². The molecule has 162 valence electrons. The van der Waals surface area contributed by atoms with Crippen LogP contribution in [0.15, 0.2) is 0 Å². The van der Waals surface area contributed by atoms with E-state index < -0.39 is 54.6 Å². The highest BCUT2D eigenvalue weighted by atomic mass is 16.4. The van der Waals surface area contributed by atoms with Gasteiger partial charge in [0.2, 0.25) is 11.8 Å². The molecular formula is C16H30N4O8. The molecule has 0 rings (SSSR count). The van der Waals surface area contributed by atoms with Crippen LogP contribution in [0.4, 0.5) is 0 Å². The van der Waals surface area contributed by atoms with E-state index in [1.54, 1.807) is 0 Å². The van der Waals surface area contributed by atoms with E-state index in [2.05, 4.69) is 16.0 Å². The second kappa shape index (κ2) is 13.8. The average molecular weight is 406 g/mol. The zero-order valence-corrected chi connectivity index (χ0v) is 15.8. The van der Waals surface area contributed by atoms with Crippen molar-refractivity contribution in [2.24, 2.45) is 5.73 Å². The Bertz CT molecular complexity index is 531. The maximum Gasteiger partial charge on any atom is 0.305 e. The second-order valence-corrected chi connectivity index (χ2v) is 6.24. The first-order chi connectivity index (χ1) is 13.1. The second-order valence-electron chi connectivity index (χ2n) is 6.24. The van der Waals surface area contributed by atoms with Crippen LogP contribution in [0, 0.1) is 0 Å². The molecule has 28 heavy (non-hydrogen) atoms. The molecule has 0 fully saturated rings. The Hall–Kier alpha value is -2.28. The number of aliphatic hydroxyl groups is 3. The van der Waals surface area contributed by atoms with Crippen LogP contribution in [0.5, 0.6) is 0 Å². The molecule has 3 amide bonds. The minimum Gasteiger partial charge on any atom is -0.481 e. The highest BCUT2D eigenvalue weighted by molar-refractivity contribution is 5.87. The molecule has 0 bridgehead atoms. The average Bonchev–Trinajstić information content (AvgIpc) is 2.64. The fourth-order valence-corrected chi connectivity index (χ4v) is 2.19. The first-order valence-electron chi connectivity index (χ1n) is 8.91. The first kappa shape index (κ1) is 25.7. The molecule has 0 aliphatic heterocycles. The zero-order valence-electron chi connectivity index (χ0n) is 15.8. The molecule has 0 heterocycles. The third-order valence-corrected chi connectivity index (χ3v) is 3.74. The summed E-state index contributed by atoms with van der Waals surface area (Å²) >= 11 is 0. The fourth-order valence-electron chi connectivity index (χ4n) is 2.19. The fraction of sp³-hybridized carbons (Fsp3) is 0.750. The van der Waals surface area contributed by atoms with Gasteiger partial charge in [0, 0.05) is 6.54 Å². The predicted molar refractivity (Wildman–Crippen MR) is 96.8 cm³/mol. The number of nitrogens with two attached hydrogens (primary N) is 1. The number of rotatable bonds is 14. The Balaban J connectivity index is 4.39. The Morgan fingerprint density at radius 2 is 1.71 bits per heavy atom. The molecular weight excluding hydrogens is 376 g/mol. The maximum absolute atomic E-state index is 11.8. The molecule has 2 unspecified atom stereocenters. The number of hydrogen-bond acceptors (Lipinski definition) is 8. The van der Waals surface area contributed by atoms with Gasteiger partial charge in [-0.15, -0.1) is 0 Å². The summed E-state index contributed by atoms with van der Waals surface area (Å²) in [6, 6.07) is -1.71. The summed E-state index contributed by atoms with van der Waals surface area (Å²) in [5.41, 5.74) is 5.61. The molecule has 0 spiro atoms. The Kier molecular flexibility index (Phi) is 12.7. The molecule has 4 atom stereocenters. The molecule has 0 aliphatic carbocycles. The van der Waals surface area contributed by atoms with Gasteiger partial charge in [0.1, 0.15) is 0 Å². The van der Waals surface area contributed by atoms with Crippen LogP contribution in [0.3, 0.4) is 0 Å². The third kappa shape index (κ3) is 10.8. The van der Waals surface area contributed by atoms with E-state index in [1.165, 1.54) is 0 Å². The van der Waals surface area contributed by atoms with E-state index in [1.807, 2.05) is 6.92 Å². The lowest BCUT2D eigenvalue weighted by Crippen LogP contribution is -2.50. The topological polar surface area (TPSA) is 211 Å². The van der Waals surface area contributed by atoms with Crippen molar-refractivity contribution >= 4 is 23.7 Å². The first-order valence-corrected chi connectivity index (χ1v) is 8.91. The van der Waals surface area contributed by atoms with E-state index in [-0.39, 0.29) is 25.9 Å². The number of carboxylic acid groups (broad SMARTS) is 1. The standard InChI is InChI=1S/C16H30N4O8/c1-2-3-10(17)15(27)19-7-12(23)20-9(8-21)6-11(22)14(26)16(28)18-5-4-13(24)25/h9-11,14,21-22,26H,2-8,17H2,1H3,(H,18,28)(H,19,27)(H,20,23)(H,24,25)/t9?,10?,11-,14+/m1/s1. The summed E-state index contributed by atoms with van der Waals surface area (Å²) in [4.78, 5) is 45.5. The highest BCUT2D eigenvalue weighted by Crippen LogP contribution is 2.04. The van der Waals surface area contributed by atoms with Crippen LogP contribution in [0.1, 0.15) is 32.6 Å². The number of carbonyl (C=O) groups excluding carboxylic acids is 3. The van der Waals surface area contributed by atoms with E-state index in [0.717, 1.165) is 0 Å². The molecule has 0 aromatic carbocycles.